The molecule has 0 spiro atoms. The summed E-state index contributed by atoms with van der Waals surface area (Å²) in [4.78, 5) is 2.55. The fourth-order valence-electron chi connectivity index (χ4n) is 2.33. The summed E-state index contributed by atoms with van der Waals surface area (Å²) in [5.41, 5.74) is 0. The van der Waals surface area contributed by atoms with E-state index in [4.69, 9.17) is 5.11 Å². The van der Waals surface area contributed by atoms with Crippen LogP contribution >= 0.6 is 0 Å². The molecule has 0 radical (unpaired) electrons. The average Bonchev–Trinajstić information content (AvgIpc) is 2.39. The molecule has 0 heterocycles. The number of unbranched alkanes of at least 4 members (excludes halogenated alkanes) is 7. The fraction of sp³-hybridized carbons (Fsp3) is 1.00. The molecule has 0 atom stereocenters. The van der Waals surface area contributed by atoms with Crippen LogP contribution in [0.4, 0.5) is 0 Å². The lowest BCUT2D eigenvalue weighted by Gasteiger charge is -2.21. The largest absolute Gasteiger partial charge is 0.396 e. The Morgan fingerprint density at radius 1 is 0.611 bits per heavy atom. The summed E-state index contributed by atoms with van der Waals surface area (Å²) in [7, 11) is 0. The van der Waals surface area contributed by atoms with E-state index in [1.165, 1.54) is 70.9 Å². The van der Waals surface area contributed by atoms with Crippen molar-refractivity contribution >= 4 is 0 Å². The molecule has 0 aromatic heterocycles. The maximum atomic E-state index is 8.93. The van der Waals surface area contributed by atoms with Crippen LogP contribution in [0.15, 0.2) is 0 Å². The van der Waals surface area contributed by atoms with E-state index < -0.39 is 0 Å². The van der Waals surface area contributed by atoms with Gasteiger partial charge in [-0.05, 0) is 32.4 Å². The molecule has 1 N–H and O–H groups in total. The predicted molar refractivity (Wildman–Crippen MR) is 81.0 cm³/mol. The van der Waals surface area contributed by atoms with Gasteiger partial charge in [0, 0.05) is 13.2 Å². The van der Waals surface area contributed by atoms with Crippen LogP contribution in [0.25, 0.3) is 0 Å². The van der Waals surface area contributed by atoms with Gasteiger partial charge in [-0.25, -0.2) is 0 Å². The maximum Gasteiger partial charge on any atom is 0.0443 e. The molecule has 0 saturated heterocycles. The maximum absolute atomic E-state index is 8.93. The Morgan fingerprint density at radius 2 is 1.06 bits per heavy atom. The molecule has 2 heteroatoms. The van der Waals surface area contributed by atoms with Crippen LogP contribution in [-0.2, 0) is 0 Å². The summed E-state index contributed by atoms with van der Waals surface area (Å²) in [6.07, 6.45) is 13.1. The number of aliphatic hydroxyl groups excluding tert-OH is 1. The lowest BCUT2D eigenvalue weighted by Crippen LogP contribution is -2.27. The summed E-state index contributed by atoms with van der Waals surface area (Å²) in [6.45, 7) is 8.39. The molecule has 110 valence electrons. The molecular formula is C16H35NO. The van der Waals surface area contributed by atoms with Crippen LogP contribution in [0, 0.1) is 0 Å². The highest BCUT2D eigenvalue weighted by molar-refractivity contribution is 4.59. The fourth-order valence-corrected chi connectivity index (χ4v) is 2.33. The topological polar surface area (TPSA) is 23.5 Å². The lowest BCUT2D eigenvalue weighted by atomic mass is 10.1. The number of hydrogen-bond acceptors (Lipinski definition) is 2. The molecular weight excluding hydrogens is 222 g/mol. The first-order valence-corrected chi connectivity index (χ1v) is 8.18. The van der Waals surface area contributed by atoms with E-state index in [2.05, 4.69) is 18.7 Å². The molecule has 0 rings (SSSR count). The first-order valence-electron chi connectivity index (χ1n) is 8.18. The number of aliphatic hydroxyl groups is 1. The van der Waals surface area contributed by atoms with Crippen molar-refractivity contribution in [3.05, 3.63) is 0 Å². The van der Waals surface area contributed by atoms with E-state index in [1.54, 1.807) is 0 Å². The molecule has 0 saturated carbocycles. The molecule has 0 bridgehead atoms. The van der Waals surface area contributed by atoms with Gasteiger partial charge >= 0.3 is 0 Å². The van der Waals surface area contributed by atoms with Crippen LogP contribution in [-0.4, -0.2) is 36.2 Å². The zero-order valence-corrected chi connectivity index (χ0v) is 12.8. The minimum atomic E-state index is 0.334. The Morgan fingerprint density at radius 3 is 1.67 bits per heavy atom. The van der Waals surface area contributed by atoms with E-state index in [-0.39, 0.29) is 0 Å². The van der Waals surface area contributed by atoms with E-state index in [0.717, 1.165) is 13.0 Å². The first kappa shape index (κ1) is 17.9. The summed E-state index contributed by atoms with van der Waals surface area (Å²) < 4.78 is 0. The van der Waals surface area contributed by atoms with Gasteiger partial charge in [0.2, 0.25) is 0 Å². The highest BCUT2D eigenvalue weighted by Crippen LogP contribution is 2.07. The average molecular weight is 257 g/mol. The monoisotopic (exact) mass is 257 g/mol. The van der Waals surface area contributed by atoms with Gasteiger partial charge in [-0.2, -0.15) is 0 Å². The molecule has 0 unspecified atom stereocenters. The van der Waals surface area contributed by atoms with Crippen molar-refractivity contribution in [2.45, 2.75) is 78.1 Å². The first-order chi connectivity index (χ1) is 8.85. The van der Waals surface area contributed by atoms with Gasteiger partial charge in [0.25, 0.3) is 0 Å². The summed E-state index contributed by atoms with van der Waals surface area (Å²) in [5, 5.41) is 8.93. The van der Waals surface area contributed by atoms with Gasteiger partial charge in [-0.3, -0.25) is 0 Å². The summed E-state index contributed by atoms with van der Waals surface area (Å²) in [6, 6.07) is 0. The highest BCUT2D eigenvalue weighted by Gasteiger charge is 2.03. The van der Waals surface area contributed by atoms with Crippen molar-refractivity contribution < 1.29 is 5.11 Å². The smallest absolute Gasteiger partial charge is 0.0443 e. The molecule has 2 nitrogen and oxygen atoms in total. The predicted octanol–water partition coefficient (Wildman–Crippen LogP) is 4.22. The van der Waals surface area contributed by atoms with Crippen LogP contribution in [0.5, 0.6) is 0 Å². The second-order valence-corrected chi connectivity index (χ2v) is 5.39. The van der Waals surface area contributed by atoms with Gasteiger partial charge < -0.3 is 10.0 Å². The SMILES string of the molecule is CCCCCCCCN(CCCO)CCCCC. The normalized spacial score (nSPS) is 11.3. The molecule has 0 aromatic carbocycles. The molecule has 0 aliphatic rings. The zero-order chi connectivity index (χ0) is 13.5. The van der Waals surface area contributed by atoms with Gasteiger partial charge in [-0.1, -0.05) is 58.8 Å². The standard InChI is InChI=1S/C16H35NO/c1-3-5-7-8-9-11-14-17(15-12-16-18)13-10-6-4-2/h18H,3-16H2,1-2H3. The third-order valence-electron chi connectivity index (χ3n) is 3.54. The molecule has 0 amide bonds. The Hall–Kier alpha value is -0.0800. The molecule has 0 fully saturated rings. The number of nitrogens with zero attached hydrogens (tertiary/aromatic N) is 1. The summed E-state index contributed by atoms with van der Waals surface area (Å²) in [5.74, 6) is 0. The van der Waals surface area contributed by atoms with Crippen LogP contribution in [0.2, 0.25) is 0 Å². The van der Waals surface area contributed by atoms with Crippen molar-refractivity contribution in [2.75, 3.05) is 26.2 Å². The quantitative estimate of drug-likeness (QED) is 0.471. The Balaban J connectivity index is 3.51. The van der Waals surface area contributed by atoms with Crippen LogP contribution in [0.1, 0.15) is 78.1 Å². The second-order valence-electron chi connectivity index (χ2n) is 5.39. The zero-order valence-electron chi connectivity index (χ0n) is 12.8. The molecule has 18 heavy (non-hydrogen) atoms. The van der Waals surface area contributed by atoms with Crippen molar-refractivity contribution in [1.82, 2.24) is 4.90 Å². The molecule has 0 aliphatic carbocycles. The van der Waals surface area contributed by atoms with Gasteiger partial charge in [0.1, 0.15) is 0 Å². The van der Waals surface area contributed by atoms with Crippen molar-refractivity contribution in [3.8, 4) is 0 Å². The van der Waals surface area contributed by atoms with Gasteiger partial charge in [0.15, 0.2) is 0 Å². The van der Waals surface area contributed by atoms with E-state index >= 15 is 0 Å². The molecule has 0 aliphatic heterocycles. The summed E-state index contributed by atoms with van der Waals surface area (Å²) >= 11 is 0. The van der Waals surface area contributed by atoms with E-state index in [9.17, 15) is 0 Å². The number of hydrogen-bond donors (Lipinski definition) is 1. The molecule has 0 aromatic rings. The van der Waals surface area contributed by atoms with Gasteiger partial charge in [-0.15, -0.1) is 0 Å². The minimum absolute atomic E-state index is 0.334. The Labute approximate surface area is 115 Å². The Kier molecular flexibility index (Phi) is 14.9. The minimum Gasteiger partial charge on any atom is -0.396 e. The third-order valence-corrected chi connectivity index (χ3v) is 3.54. The number of rotatable bonds is 14. The Bertz CT molecular complexity index is 150. The van der Waals surface area contributed by atoms with Crippen LogP contribution < -0.4 is 0 Å². The third kappa shape index (κ3) is 12.4. The van der Waals surface area contributed by atoms with Gasteiger partial charge in [0.05, 0.1) is 0 Å². The van der Waals surface area contributed by atoms with Crippen molar-refractivity contribution in [3.63, 3.8) is 0 Å². The lowest BCUT2D eigenvalue weighted by molar-refractivity contribution is 0.218. The second kappa shape index (κ2) is 15.0. The van der Waals surface area contributed by atoms with Crippen molar-refractivity contribution in [1.29, 1.82) is 0 Å². The van der Waals surface area contributed by atoms with Crippen molar-refractivity contribution in [2.24, 2.45) is 0 Å². The van der Waals surface area contributed by atoms with E-state index in [0.29, 0.717) is 6.61 Å². The van der Waals surface area contributed by atoms with E-state index in [1.807, 2.05) is 0 Å². The highest BCUT2D eigenvalue weighted by atomic mass is 16.3. The van der Waals surface area contributed by atoms with Crippen LogP contribution in [0.3, 0.4) is 0 Å².